The lowest BCUT2D eigenvalue weighted by Gasteiger charge is -2.29. The van der Waals surface area contributed by atoms with Crippen molar-refractivity contribution in [1.29, 1.82) is 0 Å². The molecule has 0 N–H and O–H groups in total. The molecule has 1 saturated heterocycles. The molecule has 2 aromatic rings. The molecule has 4 rings (SSSR count). The highest BCUT2D eigenvalue weighted by molar-refractivity contribution is 7.98. The molecule has 23 heavy (non-hydrogen) atoms. The molecule has 120 valence electrons. The van der Waals surface area contributed by atoms with E-state index >= 15 is 0 Å². The lowest BCUT2D eigenvalue weighted by atomic mass is 9.99. The Morgan fingerprint density at radius 1 is 1.26 bits per heavy atom. The second-order valence-corrected chi connectivity index (χ2v) is 8.87. The average molecular weight is 364 g/mol. The third-order valence-electron chi connectivity index (χ3n) is 4.66. The summed E-state index contributed by atoms with van der Waals surface area (Å²) in [5.74, 6) is 1.86. The molecule has 0 spiro atoms. The van der Waals surface area contributed by atoms with Gasteiger partial charge in [-0.2, -0.15) is 0 Å². The van der Waals surface area contributed by atoms with Crippen molar-refractivity contribution in [3.8, 4) is 10.4 Å². The molecule has 1 aromatic carbocycles. The van der Waals surface area contributed by atoms with Crippen LogP contribution in [-0.4, -0.2) is 23.9 Å². The summed E-state index contributed by atoms with van der Waals surface area (Å²) in [5.41, 5.74) is 2.50. The monoisotopic (exact) mass is 363 g/mol. The van der Waals surface area contributed by atoms with Crippen LogP contribution in [0.15, 0.2) is 29.2 Å². The number of benzene rings is 1. The first-order valence-corrected chi connectivity index (χ1v) is 10.1. The fraction of sp³-hybridized carbons (Fsp3) is 0.389. The second-order valence-electron chi connectivity index (χ2n) is 6.37. The van der Waals surface area contributed by atoms with Gasteiger partial charge in [0.25, 0.3) is 5.91 Å². The van der Waals surface area contributed by atoms with Crippen LogP contribution in [0.5, 0.6) is 0 Å². The number of rotatable bonds is 1. The number of fused-ring (bicyclic) bond motifs is 3. The fourth-order valence-electron chi connectivity index (χ4n) is 3.20. The molecule has 1 amide bonds. The van der Waals surface area contributed by atoms with E-state index < -0.39 is 0 Å². The van der Waals surface area contributed by atoms with E-state index in [4.69, 9.17) is 11.6 Å². The highest BCUT2D eigenvalue weighted by Gasteiger charge is 2.26. The zero-order valence-corrected chi connectivity index (χ0v) is 15.4. The number of amides is 1. The minimum absolute atomic E-state index is 0.205. The molecule has 0 bridgehead atoms. The van der Waals surface area contributed by atoms with Gasteiger partial charge in [0.1, 0.15) is 0 Å². The number of halogens is 1. The summed E-state index contributed by atoms with van der Waals surface area (Å²) >= 11 is 9.54. The Labute approximate surface area is 149 Å². The third-order valence-corrected chi connectivity index (χ3v) is 7.20. The van der Waals surface area contributed by atoms with Crippen molar-refractivity contribution >= 4 is 40.6 Å². The number of piperidine rings is 1. The van der Waals surface area contributed by atoms with Gasteiger partial charge in [-0.3, -0.25) is 4.79 Å². The molecule has 1 aromatic heterocycles. The number of nitrogens with zero attached hydrogens (tertiary/aromatic N) is 1. The van der Waals surface area contributed by atoms with Crippen molar-refractivity contribution < 1.29 is 4.79 Å². The van der Waals surface area contributed by atoms with Crippen LogP contribution in [0.1, 0.15) is 35.0 Å². The van der Waals surface area contributed by atoms with Crippen molar-refractivity contribution in [2.45, 2.75) is 30.4 Å². The minimum atomic E-state index is 0.205. The Morgan fingerprint density at radius 3 is 2.83 bits per heavy atom. The Bertz CT molecular complexity index is 762. The molecule has 2 aliphatic rings. The van der Waals surface area contributed by atoms with Gasteiger partial charge >= 0.3 is 0 Å². The fourth-order valence-corrected chi connectivity index (χ4v) is 5.85. The van der Waals surface area contributed by atoms with Crippen LogP contribution in [-0.2, 0) is 5.75 Å². The van der Waals surface area contributed by atoms with E-state index in [9.17, 15) is 4.79 Å². The van der Waals surface area contributed by atoms with Gasteiger partial charge in [-0.15, -0.1) is 23.1 Å². The maximum Gasteiger partial charge on any atom is 0.263 e. The lowest BCUT2D eigenvalue weighted by molar-refractivity contribution is 0.0702. The van der Waals surface area contributed by atoms with Crippen LogP contribution in [0.2, 0.25) is 5.02 Å². The predicted molar refractivity (Wildman–Crippen MR) is 98.6 cm³/mol. The highest BCUT2D eigenvalue weighted by atomic mass is 35.5. The van der Waals surface area contributed by atoms with Crippen molar-refractivity contribution in [2.75, 3.05) is 13.1 Å². The standard InChI is InChI=1S/C18H18ClNOS2/c1-11-4-6-20(7-5-11)18(21)16-8-12-10-22-15-9-13(19)2-3-14(15)17(12)23-16/h2-3,8-9,11H,4-7,10H2,1H3. The number of thiophene rings is 1. The van der Waals surface area contributed by atoms with Gasteiger partial charge in [-0.05, 0) is 42.5 Å². The summed E-state index contributed by atoms with van der Waals surface area (Å²) < 4.78 is 0. The van der Waals surface area contributed by atoms with E-state index in [1.807, 2.05) is 17.0 Å². The Balaban J connectivity index is 1.64. The smallest absolute Gasteiger partial charge is 0.263 e. The van der Waals surface area contributed by atoms with Crippen LogP contribution < -0.4 is 0 Å². The van der Waals surface area contributed by atoms with Gasteiger partial charge in [-0.1, -0.05) is 24.6 Å². The summed E-state index contributed by atoms with van der Waals surface area (Å²) in [5, 5.41) is 0.773. The van der Waals surface area contributed by atoms with E-state index in [1.165, 1.54) is 20.9 Å². The van der Waals surface area contributed by atoms with Crippen LogP contribution in [0.4, 0.5) is 0 Å². The number of hydrogen-bond donors (Lipinski definition) is 0. The van der Waals surface area contributed by atoms with Gasteiger partial charge in [-0.25, -0.2) is 0 Å². The minimum Gasteiger partial charge on any atom is -0.338 e. The van der Waals surface area contributed by atoms with Crippen LogP contribution in [0.25, 0.3) is 10.4 Å². The zero-order valence-electron chi connectivity index (χ0n) is 13.0. The van der Waals surface area contributed by atoms with Crippen molar-refractivity contribution in [3.63, 3.8) is 0 Å². The third kappa shape index (κ3) is 2.92. The van der Waals surface area contributed by atoms with Gasteiger partial charge in [0.15, 0.2) is 0 Å². The first-order chi connectivity index (χ1) is 11.1. The number of hydrogen-bond acceptors (Lipinski definition) is 3. The van der Waals surface area contributed by atoms with E-state index in [2.05, 4.69) is 19.1 Å². The van der Waals surface area contributed by atoms with Gasteiger partial charge in [0.2, 0.25) is 0 Å². The second kappa shape index (κ2) is 6.15. The van der Waals surface area contributed by atoms with Crippen LogP contribution in [0, 0.1) is 5.92 Å². The summed E-state index contributed by atoms with van der Waals surface area (Å²) in [4.78, 5) is 18.2. The molecule has 5 heteroatoms. The molecule has 0 aliphatic carbocycles. The first-order valence-electron chi connectivity index (χ1n) is 7.96. The SMILES string of the molecule is CC1CCN(C(=O)c2cc3c(s2)-c2ccc(Cl)cc2SC3)CC1. The molecule has 0 saturated carbocycles. The van der Waals surface area contributed by atoms with Gasteiger partial charge in [0, 0.05) is 39.2 Å². The number of carbonyl (C=O) groups is 1. The highest BCUT2D eigenvalue weighted by Crippen LogP contribution is 2.46. The van der Waals surface area contributed by atoms with Crippen molar-refractivity contribution in [2.24, 2.45) is 5.92 Å². The summed E-state index contributed by atoms with van der Waals surface area (Å²) in [7, 11) is 0. The van der Waals surface area contributed by atoms with E-state index in [0.717, 1.165) is 47.5 Å². The number of thioether (sulfide) groups is 1. The van der Waals surface area contributed by atoms with Gasteiger partial charge in [0.05, 0.1) is 4.88 Å². The van der Waals surface area contributed by atoms with E-state index in [0.29, 0.717) is 0 Å². The molecule has 0 atom stereocenters. The van der Waals surface area contributed by atoms with E-state index in [-0.39, 0.29) is 5.91 Å². The molecule has 3 heterocycles. The van der Waals surface area contributed by atoms with Crippen molar-refractivity contribution in [1.82, 2.24) is 4.90 Å². The number of carbonyl (C=O) groups excluding carboxylic acids is 1. The largest absolute Gasteiger partial charge is 0.338 e. The molecule has 0 unspecified atom stereocenters. The summed E-state index contributed by atoms with van der Waals surface area (Å²) in [6, 6.07) is 8.14. The molecule has 1 fully saturated rings. The molecular formula is C18H18ClNOS2. The summed E-state index contributed by atoms with van der Waals surface area (Å²) in [6.07, 6.45) is 2.24. The van der Waals surface area contributed by atoms with E-state index in [1.54, 1.807) is 23.1 Å². The molecule has 2 nitrogen and oxygen atoms in total. The summed E-state index contributed by atoms with van der Waals surface area (Å²) in [6.45, 7) is 4.05. The topological polar surface area (TPSA) is 20.3 Å². The Hall–Kier alpha value is -0.970. The van der Waals surface area contributed by atoms with Crippen LogP contribution >= 0.6 is 34.7 Å². The normalized spacial score (nSPS) is 17.7. The maximum atomic E-state index is 12.8. The molecule has 2 aliphatic heterocycles. The van der Waals surface area contributed by atoms with Gasteiger partial charge < -0.3 is 4.90 Å². The lowest BCUT2D eigenvalue weighted by Crippen LogP contribution is -2.37. The average Bonchev–Trinajstić information content (AvgIpc) is 2.99. The zero-order chi connectivity index (χ0) is 16.0. The maximum absolute atomic E-state index is 12.8. The molecular weight excluding hydrogens is 346 g/mol. The van der Waals surface area contributed by atoms with Crippen molar-refractivity contribution in [3.05, 3.63) is 39.7 Å². The molecule has 0 radical (unpaired) electrons. The van der Waals surface area contributed by atoms with Crippen LogP contribution in [0.3, 0.4) is 0 Å². The predicted octanol–water partition coefficient (Wildman–Crippen LogP) is 5.55. The Kier molecular flexibility index (Phi) is 4.16. The first kappa shape index (κ1) is 15.6. The Morgan fingerprint density at radius 2 is 2.04 bits per heavy atom. The quantitative estimate of drug-likeness (QED) is 0.662. The number of likely N-dealkylation sites (tertiary alicyclic amines) is 1.